The second kappa shape index (κ2) is 4.15. The zero-order valence-electron chi connectivity index (χ0n) is 11.6. The molecule has 2 aliphatic heterocycles. The standard InChI is InChI=1S/C19H15NO/c1-2-6-12(7-3-1)19-18-16-11-10-15(21-16)17(18)13-8-4-5-9-14(13)20-19/h1-9,15-16H,10-11H2. The van der Waals surface area contributed by atoms with Gasteiger partial charge in [0, 0.05) is 16.5 Å². The Morgan fingerprint density at radius 1 is 0.810 bits per heavy atom. The van der Waals surface area contributed by atoms with Crippen molar-refractivity contribution in [1.82, 2.24) is 4.98 Å². The number of hydrogen-bond acceptors (Lipinski definition) is 2. The highest BCUT2D eigenvalue weighted by Gasteiger charge is 2.41. The first-order valence-electron chi connectivity index (χ1n) is 7.55. The van der Waals surface area contributed by atoms with Gasteiger partial charge >= 0.3 is 0 Å². The van der Waals surface area contributed by atoms with Gasteiger partial charge in [-0.1, -0.05) is 48.5 Å². The predicted molar refractivity (Wildman–Crippen MR) is 83.0 cm³/mol. The molecule has 0 amide bonds. The van der Waals surface area contributed by atoms with Crippen molar-refractivity contribution in [1.29, 1.82) is 0 Å². The molecule has 3 heterocycles. The van der Waals surface area contributed by atoms with Crippen LogP contribution in [0.4, 0.5) is 0 Å². The van der Waals surface area contributed by atoms with Crippen LogP contribution in [0.5, 0.6) is 0 Å². The molecule has 1 fully saturated rings. The van der Waals surface area contributed by atoms with Crippen LogP contribution in [0.15, 0.2) is 54.6 Å². The average Bonchev–Trinajstić information content (AvgIpc) is 3.17. The SMILES string of the molecule is c1ccc(-c2nc3ccccc3c3c2C2CCC3O2)cc1. The lowest BCUT2D eigenvalue weighted by Crippen LogP contribution is -2.04. The third kappa shape index (κ3) is 1.54. The molecule has 2 bridgehead atoms. The van der Waals surface area contributed by atoms with Gasteiger partial charge in [0.15, 0.2) is 0 Å². The fourth-order valence-corrected chi connectivity index (χ4v) is 3.80. The molecule has 0 radical (unpaired) electrons. The van der Waals surface area contributed by atoms with Gasteiger partial charge in [-0.05, 0) is 24.5 Å². The Morgan fingerprint density at radius 2 is 1.52 bits per heavy atom. The van der Waals surface area contributed by atoms with Crippen molar-refractivity contribution in [3.8, 4) is 11.3 Å². The number of nitrogens with zero attached hydrogens (tertiary/aromatic N) is 1. The topological polar surface area (TPSA) is 22.1 Å². The van der Waals surface area contributed by atoms with Crippen molar-refractivity contribution in [2.75, 3.05) is 0 Å². The summed E-state index contributed by atoms with van der Waals surface area (Å²) in [4.78, 5) is 4.96. The third-order valence-corrected chi connectivity index (χ3v) is 4.68. The molecule has 5 rings (SSSR count). The largest absolute Gasteiger partial charge is 0.365 e. The predicted octanol–water partition coefficient (Wildman–Crippen LogP) is 4.81. The van der Waals surface area contributed by atoms with E-state index in [0.717, 1.165) is 24.1 Å². The average molecular weight is 273 g/mol. The van der Waals surface area contributed by atoms with E-state index in [1.54, 1.807) is 0 Å². The van der Waals surface area contributed by atoms with Crippen molar-refractivity contribution in [3.63, 3.8) is 0 Å². The van der Waals surface area contributed by atoms with Gasteiger partial charge in [-0.15, -0.1) is 0 Å². The first-order valence-corrected chi connectivity index (χ1v) is 7.55. The second-order valence-electron chi connectivity index (χ2n) is 5.86. The van der Waals surface area contributed by atoms with E-state index in [4.69, 9.17) is 9.72 Å². The minimum Gasteiger partial charge on any atom is -0.365 e. The number of aromatic nitrogens is 1. The molecule has 2 unspecified atom stereocenters. The summed E-state index contributed by atoms with van der Waals surface area (Å²) in [6.45, 7) is 0. The minimum absolute atomic E-state index is 0.234. The number of benzene rings is 2. The Hall–Kier alpha value is -2.19. The molecule has 3 aromatic rings. The molecule has 2 aromatic carbocycles. The maximum atomic E-state index is 6.17. The first kappa shape index (κ1) is 11.5. The summed E-state index contributed by atoms with van der Waals surface area (Å²) in [5, 5.41) is 1.26. The molecule has 0 aliphatic carbocycles. The van der Waals surface area contributed by atoms with Gasteiger partial charge in [-0.25, -0.2) is 4.98 Å². The Morgan fingerprint density at radius 3 is 2.38 bits per heavy atom. The number of rotatable bonds is 1. The molecule has 1 saturated heterocycles. The number of fused-ring (bicyclic) bond motifs is 7. The molecule has 2 atom stereocenters. The van der Waals surface area contributed by atoms with Gasteiger partial charge in [-0.3, -0.25) is 0 Å². The Kier molecular flexibility index (Phi) is 2.27. The quantitative estimate of drug-likeness (QED) is 0.635. The van der Waals surface area contributed by atoms with Gasteiger partial charge in [0.2, 0.25) is 0 Å². The smallest absolute Gasteiger partial charge is 0.0859 e. The Bertz CT molecular complexity index is 841. The van der Waals surface area contributed by atoms with Crippen molar-refractivity contribution in [2.45, 2.75) is 25.0 Å². The molecule has 2 heteroatoms. The van der Waals surface area contributed by atoms with Crippen LogP contribution in [0.2, 0.25) is 0 Å². The highest BCUT2D eigenvalue weighted by molar-refractivity contribution is 5.88. The molecular weight excluding hydrogens is 258 g/mol. The van der Waals surface area contributed by atoms with Crippen LogP contribution in [-0.4, -0.2) is 4.98 Å². The zero-order chi connectivity index (χ0) is 13.8. The summed E-state index contributed by atoms with van der Waals surface area (Å²) in [5.74, 6) is 0. The summed E-state index contributed by atoms with van der Waals surface area (Å²) in [6, 6.07) is 18.9. The van der Waals surface area contributed by atoms with E-state index in [-0.39, 0.29) is 12.2 Å². The van der Waals surface area contributed by atoms with Crippen molar-refractivity contribution < 1.29 is 4.74 Å². The summed E-state index contributed by atoms with van der Waals surface area (Å²) >= 11 is 0. The van der Waals surface area contributed by atoms with Crippen LogP contribution in [0, 0.1) is 0 Å². The van der Waals surface area contributed by atoms with Gasteiger partial charge in [-0.2, -0.15) is 0 Å². The van der Waals surface area contributed by atoms with Gasteiger partial charge in [0.1, 0.15) is 0 Å². The normalized spacial score (nSPS) is 22.7. The van der Waals surface area contributed by atoms with Crippen molar-refractivity contribution >= 4 is 10.9 Å². The summed E-state index contributed by atoms with van der Waals surface area (Å²) in [6.07, 6.45) is 2.76. The van der Waals surface area contributed by atoms with Crippen molar-refractivity contribution in [3.05, 3.63) is 65.7 Å². The van der Waals surface area contributed by atoms with Gasteiger partial charge < -0.3 is 4.74 Å². The molecule has 0 spiro atoms. The Balaban J connectivity index is 1.90. The van der Waals surface area contributed by atoms with Gasteiger partial charge in [0.05, 0.1) is 23.4 Å². The molecule has 21 heavy (non-hydrogen) atoms. The van der Waals surface area contributed by atoms with E-state index in [2.05, 4.69) is 48.5 Å². The van der Waals surface area contributed by atoms with E-state index < -0.39 is 0 Å². The molecule has 0 saturated carbocycles. The van der Waals surface area contributed by atoms with Crippen LogP contribution in [0.3, 0.4) is 0 Å². The molecule has 2 nitrogen and oxygen atoms in total. The monoisotopic (exact) mass is 273 g/mol. The highest BCUT2D eigenvalue weighted by Crippen LogP contribution is 2.54. The minimum atomic E-state index is 0.234. The lowest BCUT2D eigenvalue weighted by atomic mass is 9.86. The number of ether oxygens (including phenoxy) is 1. The lowest BCUT2D eigenvalue weighted by Gasteiger charge is -2.18. The molecule has 1 aromatic heterocycles. The molecule has 2 aliphatic rings. The maximum absolute atomic E-state index is 6.17. The molecule has 0 N–H and O–H groups in total. The van der Waals surface area contributed by atoms with Gasteiger partial charge in [0.25, 0.3) is 0 Å². The second-order valence-corrected chi connectivity index (χ2v) is 5.86. The van der Waals surface area contributed by atoms with Crippen LogP contribution < -0.4 is 0 Å². The van der Waals surface area contributed by atoms with E-state index >= 15 is 0 Å². The summed E-state index contributed by atoms with van der Waals surface area (Å²) < 4.78 is 6.17. The number of pyridine rings is 1. The summed E-state index contributed by atoms with van der Waals surface area (Å²) in [7, 11) is 0. The van der Waals surface area contributed by atoms with Crippen LogP contribution in [-0.2, 0) is 4.74 Å². The van der Waals surface area contributed by atoms with Crippen LogP contribution in [0.1, 0.15) is 36.2 Å². The lowest BCUT2D eigenvalue weighted by molar-refractivity contribution is 0.0722. The fraction of sp³-hybridized carbons (Fsp3) is 0.211. The van der Waals surface area contributed by atoms with Crippen molar-refractivity contribution in [2.24, 2.45) is 0 Å². The molecule has 102 valence electrons. The van der Waals surface area contributed by atoms with E-state index in [1.807, 2.05) is 6.07 Å². The number of hydrogen-bond donors (Lipinski definition) is 0. The molecular formula is C19H15NO. The first-order chi connectivity index (χ1) is 10.4. The van der Waals surface area contributed by atoms with Crippen LogP contribution >= 0.6 is 0 Å². The fourth-order valence-electron chi connectivity index (χ4n) is 3.80. The third-order valence-electron chi connectivity index (χ3n) is 4.68. The summed E-state index contributed by atoms with van der Waals surface area (Å²) in [5.41, 5.74) is 6.09. The number of para-hydroxylation sites is 1. The van der Waals surface area contributed by atoms with E-state index in [9.17, 15) is 0 Å². The zero-order valence-corrected chi connectivity index (χ0v) is 11.6. The highest BCUT2D eigenvalue weighted by atomic mass is 16.5. The van der Waals surface area contributed by atoms with E-state index in [0.29, 0.717) is 0 Å². The Labute approximate surface area is 123 Å². The van der Waals surface area contributed by atoms with E-state index in [1.165, 1.54) is 22.1 Å². The van der Waals surface area contributed by atoms with Crippen LogP contribution in [0.25, 0.3) is 22.2 Å². The maximum Gasteiger partial charge on any atom is 0.0859 e.